The van der Waals surface area contributed by atoms with E-state index in [0.29, 0.717) is 11.6 Å². The predicted molar refractivity (Wildman–Crippen MR) is 77.6 cm³/mol. The molecule has 0 fully saturated rings. The number of hydrogen-bond donors (Lipinski definition) is 1. The van der Waals surface area contributed by atoms with E-state index in [0.717, 1.165) is 21.3 Å². The number of rotatable bonds is 3. The maximum Gasteiger partial charge on any atom is 0.125 e. The van der Waals surface area contributed by atoms with Gasteiger partial charge in [-0.05, 0) is 58.2 Å². The van der Waals surface area contributed by atoms with Crippen LogP contribution in [0.5, 0.6) is 0 Å². The first kappa shape index (κ1) is 13.4. The molecule has 0 spiro atoms. The molecule has 0 unspecified atom stereocenters. The van der Waals surface area contributed by atoms with Gasteiger partial charge in [-0.1, -0.05) is 23.7 Å². The first-order valence-electron chi connectivity index (χ1n) is 5.50. The van der Waals surface area contributed by atoms with Gasteiger partial charge in [-0.15, -0.1) is 0 Å². The van der Waals surface area contributed by atoms with Crippen LogP contribution < -0.4 is 5.32 Å². The zero-order valence-corrected chi connectivity index (χ0v) is 12.1. The van der Waals surface area contributed by atoms with Crippen LogP contribution in [-0.2, 0) is 6.54 Å². The third-order valence-electron chi connectivity index (χ3n) is 2.67. The minimum atomic E-state index is -0.239. The highest BCUT2D eigenvalue weighted by atomic mass is 79.9. The van der Waals surface area contributed by atoms with Gasteiger partial charge >= 0.3 is 0 Å². The van der Waals surface area contributed by atoms with E-state index in [2.05, 4.69) is 21.2 Å². The standard InChI is InChI=1S/C14H12BrClFN/c1-9-2-4-11(17)7-14(9)18-8-10-3-5-12(15)13(16)6-10/h2-7,18H,8H2,1H3. The summed E-state index contributed by atoms with van der Waals surface area (Å²) >= 11 is 9.36. The van der Waals surface area contributed by atoms with Crippen molar-refractivity contribution >= 4 is 33.2 Å². The molecule has 18 heavy (non-hydrogen) atoms. The minimum Gasteiger partial charge on any atom is -0.381 e. The normalized spacial score (nSPS) is 10.4. The molecule has 0 saturated carbocycles. The smallest absolute Gasteiger partial charge is 0.125 e. The van der Waals surface area contributed by atoms with Crippen molar-refractivity contribution in [3.05, 3.63) is 62.8 Å². The zero-order chi connectivity index (χ0) is 13.1. The molecule has 0 aliphatic rings. The SMILES string of the molecule is Cc1ccc(F)cc1NCc1ccc(Br)c(Cl)c1. The van der Waals surface area contributed by atoms with Crippen LogP contribution in [0.2, 0.25) is 5.02 Å². The third kappa shape index (κ3) is 3.24. The molecule has 0 bridgehead atoms. The first-order valence-corrected chi connectivity index (χ1v) is 6.67. The molecule has 1 N–H and O–H groups in total. The summed E-state index contributed by atoms with van der Waals surface area (Å²) in [6, 6.07) is 10.5. The molecule has 2 aromatic rings. The lowest BCUT2D eigenvalue weighted by atomic mass is 10.1. The fourth-order valence-corrected chi connectivity index (χ4v) is 2.08. The van der Waals surface area contributed by atoms with Gasteiger partial charge < -0.3 is 5.32 Å². The highest BCUT2D eigenvalue weighted by molar-refractivity contribution is 9.10. The third-order valence-corrected chi connectivity index (χ3v) is 3.90. The molecule has 0 saturated heterocycles. The molecule has 0 radical (unpaired) electrons. The van der Waals surface area contributed by atoms with E-state index >= 15 is 0 Å². The van der Waals surface area contributed by atoms with Gasteiger partial charge in [0.15, 0.2) is 0 Å². The quantitative estimate of drug-likeness (QED) is 0.820. The predicted octanol–water partition coefficient (Wildman–Crippen LogP) is 5.16. The van der Waals surface area contributed by atoms with Crippen LogP contribution in [0.3, 0.4) is 0 Å². The molecule has 94 valence electrons. The average molecular weight is 329 g/mol. The highest BCUT2D eigenvalue weighted by Gasteiger charge is 2.02. The summed E-state index contributed by atoms with van der Waals surface area (Å²) in [6.45, 7) is 2.55. The van der Waals surface area contributed by atoms with E-state index in [9.17, 15) is 4.39 Å². The topological polar surface area (TPSA) is 12.0 Å². The molecule has 0 atom stereocenters. The monoisotopic (exact) mass is 327 g/mol. The summed E-state index contributed by atoms with van der Waals surface area (Å²) in [5, 5.41) is 3.87. The number of anilines is 1. The Morgan fingerprint density at radius 1 is 1.22 bits per heavy atom. The van der Waals surface area contributed by atoms with E-state index in [-0.39, 0.29) is 5.82 Å². The van der Waals surface area contributed by atoms with Crippen LogP contribution in [0.15, 0.2) is 40.9 Å². The van der Waals surface area contributed by atoms with Crippen molar-refractivity contribution in [2.45, 2.75) is 13.5 Å². The maximum atomic E-state index is 13.1. The molecular weight excluding hydrogens is 317 g/mol. The van der Waals surface area contributed by atoms with Gasteiger partial charge in [0, 0.05) is 16.7 Å². The number of halogens is 3. The summed E-state index contributed by atoms with van der Waals surface area (Å²) in [4.78, 5) is 0. The van der Waals surface area contributed by atoms with Crippen molar-refractivity contribution in [3.63, 3.8) is 0 Å². The molecular formula is C14H12BrClFN. The molecule has 2 aromatic carbocycles. The van der Waals surface area contributed by atoms with Crippen molar-refractivity contribution < 1.29 is 4.39 Å². The molecule has 0 aromatic heterocycles. The van der Waals surface area contributed by atoms with Gasteiger partial charge in [0.1, 0.15) is 5.82 Å². The summed E-state index contributed by atoms with van der Waals surface area (Å²) in [7, 11) is 0. The van der Waals surface area contributed by atoms with Crippen molar-refractivity contribution in [2.75, 3.05) is 5.32 Å². The molecule has 4 heteroatoms. The highest BCUT2D eigenvalue weighted by Crippen LogP contribution is 2.24. The van der Waals surface area contributed by atoms with Gasteiger partial charge in [-0.25, -0.2) is 4.39 Å². The summed E-state index contributed by atoms with van der Waals surface area (Å²) < 4.78 is 14.0. The van der Waals surface area contributed by atoms with Gasteiger partial charge in [0.2, 0.25) is 0 Å². The van der Waals surface area contributed by atoms with Gasteiger partial charge in [-0.2, -0.15) is 0 Å². The van der Waals surface area contributed by atoms with Crippen LogP contribution in [0.4, 0.5) is 10.1 Å². The average Bonchev–Trinajstić information content (AvgIpc) is 2.34. The van der Waals surface area contributed by atoms with E-state index < -0.39 is 0 Å². The second-order valence-corrected chi connectivity index (χ2v) is 5.32. The lowest BCUT2D eigenvalue weighted by Crippen LogP contribution is -2.01. The number of hydrogen-bond acceptors (Lipinski definition) is 1. The Bertz CT molecular complexity index is 572. The summed E-state index contributed by atoms with van der Waals surface area (Å²) in [6.07, 6.45) is 0. The number of nitrogens with one attached hydrogen (secondary N) is 1. The fourth-order valence-electron chi connectivity index (χ4n) is 1.63. The van der Waals surface area contributed by atoms with Crippen LogP contribution in [0.1, 0.15) is 11.1 Å². The summed E-state index contributed by atoms with van der Waals surface area (Å²) in [5.41, 5.74) is 2.86. The second kappa shape index (κ2) is 5.72. The van der Waals surface area contributed by atoms with Gasteiger partial charge in [0.05, 0.1) is 5.02 Å². The van der Waals surface area contributed by atoms with Crippen molar-refractivity contribution in [1.82, 2.24) is 0 Å². The van der Waals surface area contributed by atoms with Gasteiger partial charge in [-0.3, -0.25) is 0 Å². The molecule has 0 amide bonds. The molecule has 1 nitrogen and oxygen atoms in total. The van der Waals surface area contributed by atoms with Crippen molar-refractivity contribution in [2.24, 2.45) is 0 Å². The second-order valence-electron chi connectivity index (χ2n) is 4.06. The molecule has 0 aliphatic carbocycles. The number of benzene rings is 2. The zero-order valence-electron chi connectivity index (χ0n) is 9.81. The largest absolute Gasteiger partial charge is 0.381 e. The van der Waals surface area contributed by atoms with Gasteiger partial charge in [0.25, 0.3) is 0 Å². The first-order chi connectivity index (χ1) is 8.56. The van der Waals surface area contributed by atoms with Crippen LogP contribution in [0, 0.1) is 12.7 Å². The van der Waals surface area contributed by atoms with Crippen LogP contribution in [-0.4, -0.2) is 0 Å². The van der Waals surface area contributed by atoms with E-state index in [1.807, 2.05) is 25.1 Å². The van der Waals surface area contributed by atoms with Crippen molar-refractivity contribution in [3.8, 4) is 0 Å². The Balaban J connectivity index is 2.11. The summed E-state index contributed by atoms with van der Waals surface area (Å²) in [5.74, 6) is -0.239. The lowest BCUT2D eigenvalue weighted by Gasteiger charge is -2.10. The van der Waals surface area contributed by atoms with E-state index in [1.54, 1.807) is 6.07 Å². The molecule has 0 heterocycles. The molecule has 2 rings (SSSR count). The van der Waals surface area contributed by atoms with E-state index in [1.165, 1.54) is 12.1 Å². The Morgan fingerprint density at radius 3 is 2.72 bits per heavy atom. The Hall–Kier alpha value is -1.06. The maximum absolute atomic E-state index is 13.1. The lowest BCUT2D eigenvalue weighted by molar-refractivity contribution is 0.628. The Morgan fingerprint density at radius 2 is 2.00 bits per heavy atom. The molecule has 0 aliphatic heterocycles. The Labute approximate surface area is 119 Å². The van der Waals surface area contributed by atoms with Crippen molar-refractivity contribution in [1.29, 1.82) is 0 Å². The van der Waals surface area contributed by atoms with E-state index in [4.69, 9.17) is 11.6 Å². The van der Waals surface area contributed by atoms with Crippen LogP contribution >= 0.6 is 27.5 Å². The minimum absolute atomic E-state index is 0.239. The Kier molecular flexibility index (Phi) is 4.25. The van der Waals surface area contributed by atoms with Crippen LogP contribution in [0.25, 0.3) is 0 Å². The number of aryl methyl sites for hydroxylation is 1. The fraction of sp³-hybridized carbons (Fsp3) is 0.143.